The molecule has 1 amide bonds. The van der Waals surface area contributed by atoms with Gasteiger partial charge in [0.1, 0.15) is 6.54 Å². The first-order valence-electron chi connectivity index (χ1n) is 5.50. The molecule has 0 saturated heterocycles. The first-order valence-corrected chi connectivity index (χ1v) is 5.50. The molecule has 1 fully saturated rings. The van der Waals surface area contributed by atoms with Crippen LogP contribution in [0.25, 0.3) is 0 Å². The Labute approximate surface area is 90.4 Å². The van der Waals surface area contributed by atoms with Crippen molar-refractivity contribution in [3.8, 4) is 0 Å². The molecule has 1 rings (SSSR count). The summed E-state index contributed by atoms with van der Waals surface area (Å²) in [5.74, 6) is -0.388. The highest BCUT2D eigenvalue weighted by Gasteiger charge is 2.39. The zero-order valence-corrected chi connectivity index (χ0v) is 9.47. The molecule has 4 nitrogen and oxygen atoms in total. The summed E-state index contributed by atoms with van der Waals surface area (Å²) in [6, 6.07) is 0. The quantitative estimate of drug-likeness (QED) is 0.715. The molecule has 1 N–H and O–H groups in total. The lowest BCUT2D eigenvalue weighted by Gasteiger charge is -2.25. The van der Waals surface area contributed by atoms with Gasteiger partial charge in [0.2, 0.25) is 5.91 Å². The molecule has 0 aromatic heterocycles. The van der Waals surface area contributed by atoms with Crippen molar-refractivity contribution in [3.05, 3.63) is 0 Å². The third kappa shape index (κ3) is 2.70. The van der Waals surface area contributed by atoms with Crippen LogP contribution in [0.1, 0.15) is 39.0 Å². The highest BCUT2D eigenvalue weighted by molar-refractivity contribution is 5.86. The van der Waals surface area contributed by atoms with Gasteiger partial charge in [-0.3, -0.25) is 9.59 Å². The van der Waals surface area contributed by atoms with Crippen LogP contribution in [0.2, 0.25) is 0 Å². The van der Waals surface area contributed by atoms with Crippen LogP contribution in [-0.2, 0) is 14.3 Å². The fourth-order valence-corrected chi connectivity index (χ4v) is 2.21. The zero-order valence-electron chi connectivity index (χ0n) is 9.47. The Morgan fingerprint density at radius 2 is 1.93 bits per heavy atom. The molecule has 0 radical (unpaired) electrons. The Morgan fingerprint density at radius 1 is 1.33 bits per heavy atom. The second kappa shape index (κ2) is 5.14. The van der Waals surface area contributed by atoms with E-state index in [1.165, 1.54) is 7.11 Å². The largest absolute Gasteiger partial charge is 0.468 e. The van der Waals surface area contributed by atoms with Crippen molar-refractivity contribution >= 4 is 11.9 Å². The van der Waals surface area contributed by atoms with Crippen molar-refractivity contribution in [1.82, 2.24) is 5.32 Å². The molecule has 0 unspecified atom stereocenters. The van der Waals surface area contributed by atoms with E-state index in [2.05, 4.69) is 10.1 Å². The molecule has 15 heavy (non-hydrogen) atoms. The minimum absolute atomic E-state index is 0.00731. The smallest absolute Gasteiger partial charge is 0.325 e. The number of ether oxygens (including phenoxy) is 1. The van der Waals surface area contributed by atoms with Crippen molar-refractivity contribution < 1.29 is 14.3 Å². The van der Waals surface area contributed by atoms with Gasteiger partial charge < -0.3 is 10.1 Å². The summed E-state index contributed by atoms with van der Waals surface area (Å²) >= 11 is 0. The molecule has 86 valence electrons. The summed E-state index contributed by atoms with van der Waals surface area (Å²) < 4.78 is 4.48. The highest BCUT2D eigenvalue weighted by Crippen LogP contribution is 2.40. The molecular formula is C11H19NO3. The van der Waals surface area contributed by atoms with E-state index in [0.717, 1.165) is 32.1 Å². The lowest BCUT2D eigenvalue weighted by Crippen LogP contribution is -2.41. The summed E-state index contributed by atoms with van der Waals surface area (Å²) in [7, 11) is 1.32. The van der Waals surface area contributed by atoms with E-state index in [9.17, 15) is 9.59 Å². The molecule has 0 heterocycles. The SMILES string of the molecule is CCC1(C(=O)NCC(=O)OC)CCCC1. The zero-order chi connectivity index (χ0) is 11.3. The average molecular weight is 213 g/mol. The van der Waals surface area contributed by atoms with Crippen LogP contribution in [0.4, 0.5) is 0 Å². The van der Waals surface area contributed by atoms with Crippen molar-refractivity contribution in [1.29, 1.82) is 0 Å². The number of methoxy groups -OCH3 is 1. The molecule has 1 aliphatic rings. The lowest BCUT2D eigenvalue weighted by atomic mass is 9.82. The van der Waals surface area contributed by atoms with E-state index in [0.29, 0.717) is 0 Å². The average Bonchev–Trinajstić information content (AvgIpc) is 2.75. The molecule has 0 spiro atoms. The number of carbonyl (C=O) groups is 2. The van der Waals surface area contributed by atoms with Crippen molar-refractivity contribution in [3.63, 3.8) is 0 Å². The third-order valence-electron chi connectivity index (χ3n) is 3.34. The predicted molar refractivity (Wildman–Crippen MR) is 56.2 cm³/mol. The van der Waals surface area contributed by atoms with Crippen molar-refractivity contribution in [2.45, 2.75) is 39.0 Å². The molecule has 0 atom stereocenters. The first kappa shape index (κ1) is 12.0. The molecule has 0 bridgehead atoms. The summed E-state index contributed by atoms with van der Waals surface area (Å²) in [5.41, 5.74) is -0.228. The van der Waals surface area contributed by atoms with Crippen LogP contribution in [0.15, 0.2) is 0 Å². The van der Waals surface area contributed by atoms with Gasteiger partial charge >= 0.3 is 5.97 Å². The van der Waals surface area contributed by atoms with E-state index in [4.69, 9.17) is 0 Å². The standard InChI is InChI=1S/C11H19NO3/c1-3-11(6-4-5-7-11)10(14)12-8-9(13)15-2/h3-8H2,1-2H3,(H,12,14). The van der Waals surface area contributed by atoms with Gasteiger partial charge in [-0.1, -0.05) is 19.8 Å². The second-order valence-corrected chi connectivity index (χ2v) is 4.10. The Kier molecular flexibility index (Phi) is 4.12. The summed E-state index contributed by atoms with van der Waals surface area (Å²) in [6.07, 6.45) is 4.95. The van der Waals surface area contributed by atoms with Gasteiger partial charge in [-0.15, -0.1) is 0 Å². The van der Waals surface area contributed by atoms with Crippen molar-refractivity contribution in [2.75, 3.05) is 13.7 Å². The monoisotopic (exact) mass is 213 g/mol. The number of nitrogens with one attached hydrogen (secondary N) is 1. The van der Waals surface area contributed by atoms with Gasteiger partial charge in [0.15, 0.2) is 0 Å². The number of hydrogen-bond donors (Lipinski definition) is 1. The van der Waals surface area contributed by atoms with Crippen molar-refractivity contribution in [2.24, 2.45) is 5.41 Å². The fourth-order valence-electron chi connectivity index (χ4n) is 2.21. The fraction of sp³-hybridized carbons (Fsp3) is 0.818. The predicted octanol–water partition coefficient (Wildman–Crippen LogP) is 1.25. The number of esters is 1. The van der Waals surface area contributed by atoms with Crippen LogP contribution in [0.3, 0.4) is 0 Å². The summed E-state index contributed by atoms with van der Waals surface area (Å²) in [6.45, 7) is 2.01. The maximum atomic E-state index is 11.9. The molecule has 0 aromatic carbocycles. The van der Waals surface area contributed by atoms with Gasteiger partial charge in [0.05, 0.1) is 7.11 Å². The first-order chi connectivity index (χ1) is 7.14. The Balaban J connectivity index is 2.47. The molecule has 1 saturated carbocycles. The minimum Gasteiger partial charge on any atom is -0.468 e. The summed E-state index contributed by atoms with van der Waals surface area (Å²) in [4.78, 5) is 22.8. The van der Waals surface area contributed by atoms with Gasteiger partial charge in [0.25, 0.3) is 0 Å². The van der Waals surface area contributed by atoms with Gasteiger partial charge in [-0.05, 0) is 19.3 Å². The summed E-state index contributed by atoms with van der Waals surface area (Å²) in [5, 5.41) is 2.65. The molecular weight excluding hydrogens is 194 g/mol. The Bertz CT molecular complexity index is 244. The molecule has 4 heteroatoms. The lowest BCUT2D eigenvalue weighted by molar-refractivity contribution is -0.142. The maximum Gasteiger partial charge on any atom is 0.325 e. The van der Waals surface area contributed by atoms with Gasteiger partial charge in [0, 0.05) is 5.41 Å². The third-order valence-corrected chi connectivity index (χ3v) is 3.34. The van der Waals surface area contributed by atoms with Gasteiger partial charge in [-0.2, -0.15) is 0 Å². The van der Waals surface area contributed by atoms with E-state index >= 15 is 0 Å². The Hall–Kier alpha value is -1.06. The van der Waals surface area contributed by atoms with E-state index in [-0.39, 0.29) is 17.9 Å². The van der Waals surface area contributed by atoms with Crippen LogP contribution in [0.5, 0.6) is 0 Å². The number of carbonyl (C=O) groups excluding carboxylic acids is 2. The maximum absolute atomic E-state index is 11.9. The van der Waals surface area contributed by atoms with Crippen LogP contribution < -0.4 is 5.32 Å². The van der Waals surface area contributed by atoms with Gasteiger partial charge in [-0.25, -0.2) is 0 Å². The Morgan fingerprint density at radius 3 is 2.40 bits per heavy atom. The highest BCUT2D eigenvalue weighted by atomic mass is 16.5. The number of amides is 1. The normalized spacial score (nSPS) is 18.5. The second-order valence-electron chi connectivity index (χ2n) is 4.10. The topological polar surface area (TPSA) is 55.4 Å². The number of hydrogen-bond acceptors (Lipinski definition) is 3. The molecule has 1 aliphatic carbocycles. The van der Waals surface area contributed by atoms with Crippen LogP contribution >= 0.6 is 0 Å². The van der Waals surface area contributed by atoms with Crippen LogP contribution in [-0.4, -0.2) is 25.5 Å². The van der Waals surface area contributed by atoms with E-state index in [1.54, 1.807) is 0 Å². The van der Waals surface area contributed by atoms with Crippen LogP contribution in [0, 0.1) is 5.41 Å². The molecule has 0 aliphatic heterocycles. The molecule has 0 aromatic rings. The number of rotatable bonds is 4. The minimum atomic E-state index is -0.396. The van der Waals surface area contributed by atoms with E-state index < -0.39 is 5.97 Å². The van der Waals surface area contributed by atoms with E-state index in [1.807, 2.05) is 6.92 Å².